The van der Waals surface area contributed by atoms with Crippen LogP contribution >= 0.6 is 0 Å². The van der Waals surface area contributed by atoms with Crippen LogP contribution in [0.25, 0.3) is 88.4 Å². The predicted molar refractivity (Wildman–Crippen MR) is 283 cm³/mol. The van der Waals surface area contributed by atoms with Gasteiger partial charge in [0.25, 0.3) is 0 Å². The summed E-state index contributed by atoms with van der Waals surface area (Å²) in [5.74, 6) is 1.43. The zero-order chi connectivity index (χ0) is 45.0. The maximum atomic E-state index is 5.42. The van der Waals surface area contributed by atoms with Gasteiger partial charge in [0.1, 0.15) is 12.0 Å². The summed E-state index contributed by atoms with van der Waals surface area (Å²) in [6, 6.07) is 88.9. The highest BCUT2D eigenvalue weighted by molar-refractivity contribution is 6.14. The average molecular weight is 870 g/mol. The Balaban J connectivity index is 0.969. The minimum Gasteiger partial charge on any atom is -0.344 e. The molecule has 1 N–H and O–H groups in total. The molecule has 0 fully saturated rings. The van der Waals surface area contributed by atoms with Crippen molar-refractivity contribution >= 4 is 55.3 Å². The van der Waals surface area contributed by atoms with E-state index in [2.05, 4.69) is 263 Å². The Morgan fingerprint density at radius 1 is 0.338 bits per heavy atom. The summed E-state index contributed by atoms with van der Waals surface area (Å²) >= 11 is 0. The molecule has 0 spiro atoms. The van der Waals surface area contributed by atoms with E-state index in [0.717, 1.165) is 61.7 Å². The highest BCUT2D eigenvalue weighted by Gasteiger charge is 2.24. The highest BCUT2D eigenvalue weighted by atomic mass is 15.2. The summed E-state index contributed by atoms with van der Waals surface area (Å²) in [5.41, 5.74) is 16.6. The second-order valence-electron chi connectivity index (χ2n) is 17.4. The van der Waals surface area contributed by atoms with Crippen LogP contribution < -0.4 is 5.32 Å². The Hall–Kier alpha value is -9.06. The average Bonchev–Trinajstić information content (AvgIpc) is 3.94. The summed E-state index contributed by atoms with van der Waals surface area (Å²) in [5, 5.41) is 8.75. The molecular formula is C63H43N5. The van der Waals surface area contributed by atoms with Crippen molar-refractivity contribution in [3.63, 3.8) is 0 Å². The Kier molecular flexibility index (Phi) is 9.50. The summed E-state index contributed by atoms with van der Waals surface area (Å²) in [6.45, 7) is 0. The van der Waals surface area contributed by atoms with Crippen LogP contribution in [0, 0.1) is 0 Å². The molecule has 10 aromatic carbocycles. The van der Waals surface area contributed by atoms with Gasteiger partial charge in [0.2, 0.25) is 0 Å². The molecule has 1 aliphatic rings. The van der Waals surface area contributed by atoms with Crippen molar-refractivity contribution in [1.29, 1.82) is 0 Å². The highest BCUT2D eigenvalue weighted by Crippen LogP contribution is 2.39. The van der Waals surface area contributed by atoms with Crippen molar-refractivity contribution in [2.24, 2.45) is 9.98 Å². The van der Waals surface area contributed by atoms with Crippen molar-refractivity contribution in [3.8, 4) is 44.8 Å². The SMILES string of the molecule is c1ccc(-c2cccc(C3=NC(c4cccc(-n5c6ccccc6c6ccccc65)c4)NC(c4cccc(-c5cc(-c6ccccc6)ccc5-n5c6ccccc6c6ccccc65)c4)=N3)c2)cc1. The van der Waals surface area contributed by atoms with Gasteiger partial charge >= 0.3 is 0 Å². The van der Waals surface area contributed by atoms with Gasteiger partial charge in [0.05, 0.1) is 27.8 Å². The fraction of sp³-hybridized carbons (Fsp3) is 0.0159. The molecule has 2 aromatic heterocycles. The summed E-state index contributed by atoms with van der Waals surface area (Å²) in [7, 11) is 0. The molecule has 1 unspecified atom stereocenters. The zero-order valence-electron chi connectivity index (χ0n) is 37.0. The first-order chi connectivity index (χ1) is 33.7. The van der Waals surface area contributed by atoms with E-state index < -0.39 is 6.17 Å². The topological polar surface area (TPSA) is 46.6 Å². The second-order valence-corrected chi connectivity index (χ2v) is 17.4. The van der Waals surface area contributed by atoms with Crippen LogP contribution in [0.2, 0.25) is 0 Å². The van der Waals surface area contributed by atoms with Crippen molar-refractivity contribution < 1.29 is 0 Å². The normalized spacial score (nSPS) is 13.7. The number of benzene rings is 10. The molecule has 320 valence electrons. The zero-order valence-corrected chi connectivity index (χ0v) is 37.0. The van der Waals surface area contributed by atoms with Gasteiger partial charge in [-0.05, 0) is 94.0 Å². The van der Waals surface area contributed by atoms with Crippen LogP contribution in [0.15, 0.2) is 259 Å². The van der Waals surface area contributed by atoms with Gasteiger partial charge in [-0.2, -0.15) is 0 Å². The van der Waals surface area contributed by atoms with Gasteiger partial charge < -0.3 is 14.5 Å². The van der Waals surface area contributed by atoms with Crippen LogP contribution in [0.1, 0.15) is 22.9 Å². The van der Waals surface area contributed by atoms with Gasteiger partial charge in [0.15, 0.2) is 5.84 Å². The molecule has 1 aliphatic heterocycles. The molecule has 13 rings (SSSR count). The number of para-hydroxylation sites is 4. The number of nitrogens with zero attached hydrogens (tertiary/aromatic N) is 4. The van der Waals surface area contributed by atoms with E-state index in [0.29, 0.717) is 5.84 Å². The van der Waals surface area contributed by atoms with Crippen LogP contribution in [0.3, 0.4) is 0 Å². The maximum Gasteiger partial charge on any atom is 0.159 e. The van der Waals surface area contributed by atoms with Gasteiger partial charge in [-0.1, -0.05) is 188 Å². The van der Waals surface area contributed by atoms with Crippen LogP contribution in [0.4, 0.5) is 0 Å². The molecule has 68 heavy (non-hydrogen) atoms. The fourth-order valence-corrected chi connectivity index (χ4v) is 10.2. The molecule has 3 heterocycles. The smallest absolute Gasteiger partial charge is 0.159 e. The second kappa shape index (κ2) is 16.4. The van der Waals surface area contributed by atoms with E-state index in [9.17, 15) is 0 Å². The monoisotopic (exact) mass is 869 g/mol. The summed E-state index contributed by atoms with van der Waals surface area (Å²) < 4.78 is 4.78. The number of aliphatic imine (C=N–C) groups is 2. The molecule has 12 aromatic rings. The molecule has 0 aliphatic carbocycles. The molecule has 5 heteroatoms. The van der Waals surface area contributed by atoms with E-state index in [1.54, 1.807) is 0 Å². The lowest BCUT2D eigenvalue weighted by atomic mass is 9.95. The maximum absolute atomic E-state index is 5.42. The van der Waals surface area contributed by atoms with Crippen molar-refractivity contribution in [3.05, 3.63) is 265 Å². The fourth-order valence-electron chi connectivity index (χ4n) is 10.2. The van der Waals surface area contributed by atoms with Gasteiger partial charge in [-0.3, -0.25) is 0 Å². The lowest BCUT2D eigenvalue weighted by Gasteiger charge is -2.25. The van der Waals surface area contributed by atoms with Crippen LogP contribution in [-0.2, 0) is 0 Å². The van der Waals surface area contributed by atoms with Crippen molar-refractivity contribution in [2.75, 3.05) is 0 Å². The van der Waals surface area contributed by atoms with Gasteiger partial charge in [-0.25, -0.2) is 9.98 Å². The van der Waals surface area contributed by atoms with E-state index in [1.165, 1.54) is 49.2 Å². The third-order valence-electron chi connectivity index (χ3n) is 13.4. The lowest BCUT2D eigenvalue weighted by molar-refractivity contribution is 0.674. The first-order valence-corrected chi connectivity index (χ1v) is 23.2. The number of hydrogen-bond donors (Lipinski definition) is 1. The van der Waals surface area contributed by atoms with Gasteiger partial charge in [-0.15, -0.1) is 0 Å². The van der Waals surface area contributed by atoms with E-state index >= 15 is 0 Å². The summed E-state index contributed by atoms with van der Waals surface area (Å²) in [4.78, 5) is 10.8. The molecule has 5 nitrogen and oxygen atoms in total. The van der Waals surface area contributed by atoms with Gasteiger partial charge in [0, 0.05) is 43.9 Å². The first kappa shape index (κ1) is 39.3. The van der Waals surface area contributed by atoms with Crippen molar-refractivity contribution in [1.82, 2.24) is 14.5 Å². The Bertz CT molecular complexity index is 3840. The van der Waals surface area contributed by atoms with E-state index in [1.807, 2.05) is 0 Å². The van der Waals surface area contributed by atoms with Crippen molar-refractivity contribution in [2.45, 2.75) is 6.17 Å². The molecule has 0 amide bonds. The number of amidine groups is 2. The molecule has 0 bridgehead atoms. The third-order valence-corrected chi connectivity index (χ3v) is 13.4. The number of hydrogen-bond acceptors (Lipinski definition) is 3. The number of nitrogens with one attached hydrogen (secondary N) is 1. The Morgan fingerprint density at radius 3 is 1.43 bits per heavy atom. The van der Waals surface area contributed by atoms with E-state index in [4.69, 9.17) is 9.98 Å². The number of fused-ring (bicyclic) bond motifs is 6. The molecule has 0 radical (unpaired) electrons. The third kappa shape index (κ3) is 6.79. The van der Waals surface area contributed by atoms with Crippen LogP contribution in [-0.4, -0.2) is 20.8 Å². The van der Waals surface area contributed by atoms with E-state index in [-0.39, 0.29) is 0 Å². The largest absolute Gasteiger partial charge is 0.344 e. The predicted octanol–water partition coefficient (Wildman–Crippen LogP) is 15.4. The quantitative estimate of drug-likeness (QED) is 0.162. The van der Waals surface area contributed by atoms with Crippen LogP contribution in [0.5, 0.6) is 0 Å². The number of rotatable bonds is 8. The minimum absolute atomic E-state index is 0.427. The first-order valence-electron chi connectivity index (χ1n) is 23.2. The molecule has 0 saturated heterocycles. The Labute approximate surface area is 394 Å². The minimum atomic E-state index is -0.427. The lowest BCUT2D eigenvalue weighted by Crippen LogP contribution is -2.33. The molecule has 1 atom stereocenters. The molecular weight excluding hydrogens is 827 g/mol. The summed E-state index contributed by atoms with van der Waals surface area (Å²) in [6.07, 6.45) is -0.427. The Morgan fingerprint density at radius 2 is 0.809 bits per heavy atom. The molecule has 0 saturated carbocycles. The number of aromatic nitrogens is 2. The standard InChI is InChI=1S/C63H43N5/c1-3-18-42(19-4-1)44-22-15-24-47(38-44)61-64-62(66-63(65-61)49-26-17-27-50(40-49)67-56-32-11-7-28-51(56)52-29-8-12-33-57(52)67)48-25-16-23-46(39-48)55-41-45(43-20-5-2-6-21-43)36-37-60(55)68-58-34-13-9-30-53(58)54-31-10-14-35-59(54)68/h1-41,63H,(H,64,65,66).